The fourth-order valence-corrected chi connectivity index (χ4v) is 3.50. The number of unbranched alkanes of at least 4 members (excludes halogenated alkanes) is 1. The molecule has 1 aliphatic carbocycles. The number of nitrogens with zero attached hydrogens (tertiary/aromatic N) is 1. The van der Waals surface area contributed by atoms with Crippen molar-refractivity contribution in [1.82, 2.24) is 4.90 Å². The van der Waals surface area contributed by atoms with Crippen molar-refractivity contribution in [3.63, 3.8) is 0 Å². The summed E-state index contributed by atoms with van der Waals surface area (Å²) in [5.41, 5.74) is 2.21. The Morgan fingerprint density at radius 1 is 1.26 bits per heavy atom. The number of piperidine rings is 1. The van der Waals surface area contributed by atoms with Crippen molar-refractivity contribution < 1.29 is 9.53 Å². The first kappa shape index (κ1) is 16.3. The van der Waals surface area contributed by atoms with E-state index >= 15 is 0 Å². The minimum atomic E-state index is -0.212. The third-order valence-corrected chi connectivity index (χ3v) is 5.05. The van der Waals surface area contributed by atoms with E-state index in [0.717, 1.165) is 37.1 Å². The summed E-state index contributed by atoms with van der Waals surface area (Å²) in [6.45, 7) is 6.32. The van der Waals surface area contributed by atoms with Gasteiger partial charge in [0.25, 0.3) is 0 Å². The van der Waals surface area contributed by atoms with Gasteiger partial charge in [0, 0.05) is 0 Å². The number of carbonyl (C=O) groups excluding carboxylic acids is 1. The van der Waals surface area contributed by atoms with Crippen LogP contribution >= 0.6 is 0 Å². The number of ether oxygens (including phenoxy) is 1. The molecule has 0 spiro atoms. The fourth-order valence-electron chi connectivity index (χ4n) is 3.50. The van der Waals surface area contributed by atoms with Gasteiger partial charge in [-0.3, -0.25) is 4.79 Å². The minimum absolute atomic E-state index is 0.0976. The van der Waals surface area contributed by atoms with E-state index in [1.54, 1.807) is 0 Å². The first-order chi connectivity index (χ1) is 11.3. The number of hydrogen-bond acceptors (Lipinski definition) is 3. The summed E-state index contributed by atoms with van der Waals surface area (Å²) >= 11 is 0. The van der Waals surface area contributed by atoms with Crippen LogP contribution in [0.3, 0.4) is 0 Å². The van der Waals surface area contributed by atoms with Gasteiger partial charge in [-0.15, -0.1) is 0 Å². The highest BCUT2D eigenvalue weighted by molar-refractivity contribution is 5.86. The van der Waals surface area contributed by atoms with Crippen molar-refractivity contribution in [3.05, 3.63) is 41.5 Å². The normalized spacial score (nSPS) is 21.3. The van der Waals surface area contributed by atoms with E-state index < -0.39 is 0 Å². The average molecular weight is 313 g/mol. The Morgan fingerprint density at radius 3 is 2.83 bits per heavy atom. The number of benzene rings is 1. The summed E-state index contributed by atoms with van der Waals surface area (Å²) in [5, 5.41) is 0. The summed E-state index contributed by atoms with van der Waals surface area (Å²) < 4.78 is 5.63. The molecular formula is C20H27NO2. The highest BCUT2D eigenvalue weighted by Crippen LogP contribution is 2.31. The van der Waals surface area contributed by atoms with E-state index in [4.69, 9.17) is 4.74 Å². The summed E-state index contributed by atoms with van der Waals surface area (Å²) in [7, 11) is 0. The topological polar surface area (TPSA) is 29.5 Å². The first-order valence-corrected chi connectivity index (χ1v) is 8.94. The molecule has 1 unspecified atom stereocenters. The SMILES string of the molecule is CCCCN1CCC(COC(=O)C2C=Cc3ccccc32)CC1. The predicted molar refractivity (Wildman–Crippen MR) is 93.2 cm³/mol. The summed E-state index contributed by atoms with van der Waals surface area (Å²) in [4.78, 5) is 14.9. The van der Waals surface area contributed by atoms with Crippen LogP contribution in [0.1, 0.15) is 49.7 Å². The highest BCUT2D eigenvalue weighted by atomic mass is 16.5. The maximum absolute atomic E-state index is 12.4. The summed E-state index contributed by atoms with van der Waals surface area (Å²) in [6, 6.07) is 8.06. The molecule has 1 saturated heterocycles. The van der Waals surface area contributed by atoms with Crippen LogP contribution in [0.15, 0.2) is 30.3 Å². The quantitative estimate of drug-likeness (QED) is 0.747. The van der Waals surface area contributed by atoms with E-state index in [2.05, 4.69) is 11.8 Å². The molecule has 23 heavy (non-hydrogen) atoms. The van der Waals surface area contributed by atoms with Gasteiger partial charge in [-0.05, 0) is 55.9 Å². The standard InChI is InChI=1S/C20H27NO2/c1-2-3-12-21-13-10-16(11-14-21)15-23-20(22)19-9-8-17-6-4-5-7-18(17)19/h4-9,16,19H,2-3,10-15H2,1H3. The average Bonchev–Trinajstić information content (AvgIpc) is 3.03. The number of carbonyl (C=O) groups is 1. The molecule has 3 rings (SSSR count). The number of fused-ring (bicyclic) bond motifs is 1. The monoisotopic (exact) mass is 313 g/mol. The molecule has 1 fully saturated rings. The Kier molecular flexibility index (Phi) is 5.50. The van der Waals surface area contributed by atoms with Gasteiger partial charge in [0.05, 0.1) is 6.61 Å². The molecule has 0 aromatic heterocycles. The van der Waals surface area contributed by atoms with Gasteiger partial charge >= 0.3 is 5.97 Å². The lowest BCUT2D eigenvalue weighted by Crippen LogP contribution is -2.36. The van der Waals surface area contributed by atoms with E-state index in [0.29, 0.717) is 12.5 Å². The molecule has 3 nitrogen and oxygen atoms in total. The van der Waals surface area contributed by atoms with Crippen LogP contribution in [0.2, 0.25) is 0 Å². The predicted octanol–water partition coefficient (Wildman–Crippen LogP) is 3.85. The third-order valence-electron chi connectivity index (χ3n) is 5.05. The molecule has 2 aliphatic rings. The molecule has 0 amide bonds. The van der Waals surface area contributed by atoms with Gasteiger partial charge < -0.3 is 9.64 Å². The summed E-state index contributed by atoms with van der Waals surface area (Å²) in [6.07, 6.45) is 8.82. The number of hydrogen-bond donors (Lipinski definition) is 0. The lowest BCUT2D eigenvalue weighted by Gasteiger charge is -2.31. The molecule has 1 aliphatic heterocycles. The number of likely N-dealkylation sites (tertiary alicyclic amines) is 1. The van der Waals surface area contributed by atoms with E-state index in [1.807, 2.05) is 36.4 Å². The van der Waals surface area contributed by atoms with Crippen molar-refractivity contribution in [2.24, 2.45) is 5.92 Å². The molecule has 1 atom stereocenters. The fraction of sp³-hybridized carbons (Fsp3) is 0.550. The van der Waals surface area contributed by atoms with Crippen LogP contribution in [0, 0.1) is 5.92 Å². The lowest BCUT2D eigenvalue weighted by atomic mass is 9.97. The Balaban J connectivity index is 1.43. The van der Waals surface area contributed by atoms with E-state index in [9.17, 15) is 4.79 Å². The van der Waals surface area contributed by atoms with Crippen molar-refractivity contribution in [2.45, 2.75) is 38.5 Å². The molecule has 0 bridgehead atoms. The second kappa shape index (κ2) is 7.78. The highest BCUT2D eigenvalue weighted by Gasteiger charge is 2.27. The van der Waals surface area contributed by atoms with Gasteiger partial charge in [0.2, 0.25) is 0 Å². The Morgan fingerprint density at radius 2 is 2.04 bits per heavy atom. The van der Waals surface area contributed by atoms with Crippen LogP contribution in [0.4, 0.5) is 0 Å². The van der Waals surface area contributed by atoms with Gasteiger partial charge in [-0.1, -0.05) is 49.8 Å². The van der Waals surface area contributed by atoms with Gasteiger partial charge in [-0.2, -0.15) is 0 Å². The van der Waals surface area contributed by atoms with Crippen LogP contribution in [0.25, 0.3) is 6.08 Å². The molecular weight excluding hydrogens is 286 g/mol. The number of rotatable bonds is 6. The second-order valence-corrected chi connectivity index (χ2v) is 6.73. The van der Waals surface area contributed by atoms with E-state index in [1.165, 1.54) is 19.4 Å². The lowest BCUT2D eigenvalue weighted by molar-refractivity contribution is -0.146. The van der Waals surface area contributed by atoms with Crippen LogP contribution in [-0.4, -0.2) is 37.1 Å². The maximum Gasteiger partial charge on any atom is 0.317 e. The van der Waals surface area contributed by atoms with Crippen molar-refractivity contribution >= 4 is 12.0 Å². The Bertz CT molecular complexity index is 559. The van der Waals surface area contributed by atoms with Gasteiger partial charge in [-0.25, -0.2) is 0 Å². The zero-order chi connectivity index (χ0) is 16.1. The number of esters is 1. The third kappa shape index (κ3) is 4.03. The Labute approximate surface area is 139 Å². The Hall–Kier alpha value is -1.61. The van der Waals surface area contributed by atoms with Crippen LogP contribution in [0.5, 0.6) is 0 Å². The molecule has 0 radical (unpaired) electrons. The van der Waals surface area contributed by atoms with Gasteiger partial charge in [0.15, 0.2) is 0 Å². The first-order valence-electron chi connectivity index (χ1n) is 8.94. The molecule has 1 heterocycles. The molecule has 3 heteroatoms. The summed E-state index contributed by atoms with van der Waals surface area (Å²) in [5.74, 6) is 0.216. The molecule has 0 N–H and O–H groups in total. The molecule has 1 aromatic carbocycles. The zero-order valence-electron chi connectivity index (χ0n) is 14.0. The molecule has 1 aromatic rings. The second-order valence-electron chi connectivity index (χ2n) is 6.73. The minimum Gasteiger partial charge on any atom is -0.465 e. The van der Waals surface area contributed by atoms with Crippen molar-refractivity contribution in [1.29, 1.82) is 0 Å². The van der Waals surface area contributed by atoms with Gasteiger partial charge in [0.1, 0.15) is 5.92 Å². The largest absolute Gasteiger partial charge is 0.465 e. The van der Waals surface area contributed by atoms with Crippen molar-refractivity contribution in [3.8, 4) is 0 Å². The molecule has 0 saturated carbocycles. The molecule has 124 valence electrons. The zero-order valence-corrected chi connectivity index (χ0v) is 14.0. The van der Waals surface area contributed by atoms with E-state index in [-0.39, 0.29) is 11.9 Å². The van der Waals surface area contributed by atoms with Crippen LogP contribution < -0.4 is 0 Å². The smallest absolute Gasteiger partial charge is 0.317 e. The van der Waals surface area contributed by atoms with Crippen molar-refractivity contribution in [2.75, 3.05) is 26.2 Å². The maximum atomic E-state index is 12.4. The van der Waals surface area contributed by atoms with Crippen LogP contribution in [-0.2, 0) is 9.53 Å².